The lowest BCUT2D eigenvalue weighted by Gasteiger charge is -2.24. The smallest absolute Gasteiger partial charge is 0.279 e. The zero-order valence-corrected chi connectivity index (χ0v) is 20.9. The van der Waals surface area contributed by atoms with Crippen molar-refractivity contribution in [1.82, 2.24) is 4.41 Å². The van der Waals surface area contributed by atoms with E-state index in [0.717, 1.165) is 11.1 Å². The zero-order chi connectivity index (χ0) is 24.5. The molecule has 0 spiro atoms. The highest BCUT2D eigenvalue weighted by Crippen LogP contribution is 2.38. The average molecular weight is 498 g/mol. The van der Waals surface area contributed by atoms with Gasteiger partial charge in [-0.05, 0) is 55.7 Å². The lowest BCUT2D eigenvalue weighted by Crippen LogP contribution is -2.27. The molecule has 1 aliphatic heterocycles. The van der Waals surface area contributed by atoms with Crippen molar-refractivity contribution in [3.63, 3.8) is 0 Å². The summed E-state index contributed by atoms with van der Waals surface area (Å²) in [5.41, 5.74) is 4.20. The molecule has 0 saturated heterocycles. The van der Waals surface area contributed by atoms with E-state index in [1.165, 1.54) is 4.41 Å². The Bertz CT molecular complexity index is 1450. The van der Waals surface area contributed by atoms with Crippen LogP contribution in [0.3, 0.4) is 0 Å². The molecule has 0 fully saturated rings. The van der Waals surface area contributed by atoms with Gasteiger partial charge in [0, 0.05) is 12.1 Å². The van der Waals surface area contributed by atoms with Crippen LogP contribution in [-0.4, -0.2) is 32.7 Å². The van der Waals surface area contributed by atoms with E-state index in [2.05, 4.69) is 9.82 Å². The summed E-state index contributed by atoms with van der Waals surface area (Å²) in [7, 11) is -7.37. The van der Waals surface area contributed by atoms with Gasteiger partial charge in [0.1, 0.15) is 0 Å². The van der Waals surface area contributed by atoms with Gasteiger partial charge in [0.15, 0.2) is 0 Å². The van der Waals surface area contributed by atoms with E-state index in [-0.39, 0.29) is 10.6 Å². The van der Waals surface area contributed by atoms with Crippen LogP contribution in [0.25, 0.3) is 0 Å². The van der Waals surface area contributed by atoms with Gasteiger partial charge in [-0.2, -0.15) is 17.9 Å². The minimum Gasteiger partial charge on any atom is -0.284 e. The van der Waals surface area contributed by atoms with Gasteiger partial charge in [-0.25, -0.2) is 8.42 Å². The van der Waals surface area contributed by atoms with Crippen molar-refractivity contribution in [2.75, 3.05) is 10.5 Å². The van der Waals surface area contributed by atoms with Crippen LogP contribution >= 0.6 is 0 Å². The second-order valence-corrected chi connectivity index (χ2v) is 12.1. The van der Waals surface area contributed by atoms with Crippen LogP contribution in [0.5, 0.6) is 0 Å². The monoisotopic (exact) mass is 497 g/mol. The first-order valence-corrected chi connectivity index (χ1v) is 14.0. The third-order valence-corrected chi connectivity index (χ3v) is 8.95. The van der Waals surface area contributed by atoms with Crippen LogP contribution in [0, 0.1) is 13.8 Å². The molecular weight excluding hydrogens is 470 g/mol. The number of hydrogen-bond donors (Lipinski definition) is 1. The third-order valence-electron chi connectivity index (χ3n) is 5.80. The molecule has 1 heterocycles. The Morgan fingerprint density at radius 1 is 0.941 bits per heavy atom. The lowest BCUT2D eigenvalue weighted by molar-refractivity contribution is 0.371. The average Bonchev–Trinajstić information content (AvgIpc) is 3.26. The van der Waals surface area contributed by atoms with Gasteiger partial charge in [-0.15, -0.1) is 0 Å². The molecule has 4 rings (SSSR count). The van der Waals surface area contributed by atoms with Crippen LogP contribution in [0.1, 0.15) is 41.6 Å². The largest absolute Gasteiger partial charge is 0.284 e. The van der Waals surface area contributed by atoms with Crippen LogP contribution in [0.15, 0.2) is 82.8 Å². The Balaban J connectivity index is 1.78. The molecule has 0 radical (unpaired) electrons. The fourth-order valence-corrected chi connectivity index (χ4v) is 6.18. The van der Waals surface area contributed by atoms with Crippen molar-refractivity contribution >= 4 is 31.4 Å². The molecule has 1 aliphatic rings. The summed E-state index contributed by atoms with van der Waals surface area (Å²) in [5.74, 6) is -0.0455. The molecule has 9 heteroatoms. The van der Waals surface area contributed by atoms with E-state index in [4.69, 9.17) is 0 Å². The number of sulfonamides is 2. The first-order valence-electron chi connectivity index (χ1n) is 11.0. The Morgan fingerprint density at radius 2 is 1.65 bits per heavy atom. The Morgan fingerprint density at radius 3 is 2.32 bits per heavy atom. The summed E-state index contributed by atoms with van der Waals surface area (Å²) < 4.78 is 55.2. The lowest BCUT2D eigenvalue weighted by atomic mass is 9.98. The number of anilines is 1. The highest BCUT2D eigenvalue weighted by molar-refractivity contribution is 7.92. The van der Waals surface area contributed by atoms with Crippen LogP contribution in [0.4, 0.5) is 5.69 Å². The minimum absolute atomic E-state index is 0.0455. The molecule has 0 aromatic heterocycles. The Labute approximate surface area is 201 Å². The second kappa shape index (κ2) is 9.23. The van der Waals surface area contributed by atoms with Gasteiger partial charge in [0.05, 0.1) is 22.4 Å². The predicted molar refractivity (Wildman–Crippen MR) is 135 cm³/mol. The third kappa shape index (κ3) is 4.85. The molecule has 0 saturated carbocycles. The summed E-state index contributed by atoms with van der Waals surface area (Å²) >= 11 is 0. The highest BCUT2D eigenvalue weighted by atomic mass is 32.2. The SMILES string of the molecule is CCS(=O)(=O)Nc1cccc(C2=NN(S(=O)(=O)c3ccccc3C)[C@H](c3ccc(C)cc3)C2)c1. The van der Waals surface area contributed by atoms with Gasteiger partial charge in [0.25, 0.3) is 10.0 Å². The molecule has 1 N–H and O–H groups in total. The summed E-state index contributed by atoms with van der Waals surface area (Å²) in [5, 5.41) is 4.57. The van der Waals surface area contributed by atoms with Crippen LogP contribution in [0.2, 0.25) is 0 Å². The molecule has 0 aliphatic carbocycles. The Kier molecular flexibility index (Phi) is 6.51. The molecule has 7 nitrogen and oxygen atoms in total. The number of rotatable bonds is 7. The maximum absolute atomic E-state index is 13.7. The maximum atomic E-state index is 13.7. The van der Waals surface area contributed by atoms with E-state index in [9.17, 15) is 16.8 Å². The van der Waals surface area contributed by atoms with Crippen LogP contribution in [-0.2, 0) is 20.0 Å². The minimum atomic E-state index is -3.93. The van der Waals surface area contributed by atoms with Crippen molar-refractivity contribution < 1.29 is 16.8 Å². The van der Waals surface area contributed by atoms with Gasteiger partial charge < -0.3 is 0 Å². The van der Waals surface area contributed by atoms with Crippen molar-refractivity contribution in [1.29, 1.82) is 0 Å². The molecule has 1 atom stereocenters. The van der Waals surface area contributed by atoms with Gasteiger partial charge in [0.2, 0.25) is 10.0 Å². The molecule has 0 unspecified atom stereocenters. The Hall–Kier alpha value is -3.17. The normalized spacial score (nSPS) is 16.4. The second-order valence-electron chi connectivity index (χ2n) is 8.31. The number of benzene rings is 3. The molecular formula is C25H27N3O4S2. The molecule has 3 aromatic rings. The van der Waals surface area contributed by atoms with Gasteiger partial charge in [-0.1, -0.05) is 60.2 Å². The number of hydrogen-bond acceptors (Lipinski definition) is 5. The number of nitrogens with one attached hydrogen (secondary N) is 1. The topological polar surface area (TPSA) is 95.9 Å². The molecule has 178 valence electrons. The quantitative estimate of drug-likeness (QED) is 0.516. The molecule has 0 amide bonds. The first-order chi connectivity index (χ1) is 16.1. The number of hydrazone groups is 1. The molecule has 34 heavy (non-hydrogen) atoms. The maximum Gasteiger partial charge on any atom is 0.279 e. The van der Waals surface area contributed by atoms with Crippen molar-refractivity contribution in [2.45, 2.75) is 38.1 Å². The fourth-order valence-electron chi connectivity index (χ4n) is 3.88. The summed E-state index contributed by atoms with van der Waals surface area (Å²) in [6.45, 7) is 5.30. The standard InChI is InChI=1S/C25H27N3O4S2/c1-4-33(29,30)27-22-10-7-9-21(16-22)23-17-24(20-14-12-18(2)13-15-20)28(26-23)34(31,32)25-11-6-5-8-19(25)3/h5-16,24,27H,4,17H2,1-3H3/t24-/m0/s1. The summed E-state index contributed by atoms with van der Waals surface area (Å²) in [6.07, 6.45) is 0.359. The fraction of sp³-hybridized carbons (Fsp3) is 0.240. The highest BCUT2D eigenvalue weighted by Gasteiger charge is 2.38. The van der Waals surface area contributed by atoms with Crippen molar-refractivity contribution in [3.8, 4) is 0 Å². The number of nitrogens with zero attached hydrogens (tertiary/aromatic N) is 2. The molecule has 0 bridgehead atoms. The van der Waals surface area contributed by atoms with Gasteiger partial charge in [-0.3, -0.25) is 4.72 Å². The summed E-state index contributed by atoms with van der Waals surface area (Å²) in [6, 6.07) is 20.9. The van der Waals surface area contributed by atoms with E-state index >= 15 is 0 Å². The predicted octanol–water partition coefficient (Wildman–Crippen LogP) is 4.61. The van der Waals surface area contributed by atoms with Crippen molar-refractivity contribution in [2.24, 2.45) is 5.10 Å². The zero-order valence-electron chi connectivity index (χ0n) is 19.3. The van der Waals surface area contributed by atoms with Crippen LogP contribution < -0.4 is 4.72 Å². The first kappa shape index (κ1) is 24.0. The van der Waals surface area contributed by atoms with E-state index in [1.807, 2.05) is 31.2 Å². The molecule has 3 aromatic carbocycles. The van der Waals surface area contributed by atoms with Crippen molar-refractivity contribution in [3.05, 3.63) is 95.1 Å². The number of aryl methyl sites for hydroxylation is 2. The van der Waals surface area contributed by atoms with E-state index in [1.54, 1.807) is 62.4 Å². The summed E-state index contributed by atoms with van der Waals surface area (Å²) in [4.78, 5) is 0.210. The van der Waals surface area contributed by atoms with E-state index in [0.29, 0.717) is 28.9 Å². The van der Waals surface area contributed by atoms with E-state index < -0.39 is 26.1 Å². The van der Waals surface area contributed by atoms with Gasteiger partial charge >= 0.3 is 0 Å².